The van der Waals surface area contributed by atoms with E-state index in [1.54, 1.807) is 32.9 Å². The summed E-state index contributed by atoms with van der Waals surface area (Å²) in [7, 11) is -3.95. The Bertz CT molecular complexity index is 2520. The topological polar surface area (TPSA) is 199 Å². The number of halogens is 1. The van der Waals surface area contributed by atoms with E-state index in [0.717, 1.165) is 18.8 Å². The van der Waals surface area contributed by atoms with Crippen molar-refractivity contribution in [3.63, 3.8) is 0 Å². The van der Waals surface area contributed by atoms with E-state index in [1.165, 1.54) is 27.2 Å². The van der Waals surface area contributed by atoms with E-state index in [9.17, 15) is 22.8 Å². The molecule has 0 bridgehead atoms. The first-order valence-corrected chi connectivity index (χ1v) is 26.1. The SMILES string of the molecule is C=C[C@@H]1C[C@]1(NC(=O)[C@@H]1C[C@@H](Oc2cc(-c3nc(C(C)C)cs3)nc3c(Cl)c(OCCN4CCOCC4)ccc23)[C@H]2CN(C(=O)OC(C)(C)C)[C@H](C(C)CC)C(=O)N21)C(=O)NS(=O)(=O)C1CC1. The summed E-state index contributed by atoms with van der Waals surface area (Å²) in [6.45, 7) is 21.0. The Balaban J connectivity index is 1.17. The van der Waals surface area contributed by atoms with E-state index in [4.69, 9.17) is 40.5 Å². The molecule has 1 aromatic carbocycles. The second kappa shape index (κ2) is 19.1. The molecule has 364 valence electrons. The van der Waals surface area contributed by atoms with Gasteiger partial charge in [-0.3, -0.25) is 28.9 Å². The molecule has 7 atom stereocenters. The minimum Gasteiger partial charge on any atom is -0.491 e. The lowest BCUT2D eigenvalue weighted by atomic mass is 9.92. The molecule has 2 aliphatic carbocycles. The fourth-order valence-electron chi connectivity index (χ4n) is 9.16. The first kappa shape index (κ1) is 48.9. The summed E-state index contributed by atoms with van der Waals surface area (Å²) in [4.78, 5) is 72.9. The lowest BCUT2D eigenvalue weighted by molar-refractivity contribution is -0.153. The van der Waals surface area contributed by atoms with Crippen LogP contribution in [0.25, 0.3) is 21.6 Å². The molecule has 2 N–H and O–H groups in total. The number of carbonyl (C=O) groups is 4. The summed E-state index contributed by atoms with van der Waals surface area (Å²) in [6, 6.07) is 2.31. The molecule has 17 nitrogen and oxygen atoms in total. The molecule has 8 rings (SSSR count). The van der Waals surface area contributed by atoms with E-state index in [0.29, 0.717) is 78.7 Å². The third-order valence-electron chi connectivity index (χ3n) is 13.4. The fraction of sp³-hybridized carbons (Fsp3) is 0.617. The molecule has 0 radical (unpaired) electrons. The third kappa shape index (κ3) is 10.1. The lowest BCUT2D eigenvalue weighted by Crippen LogP contribution is -2.68. The number of ether oxygens (including phenoxy) is 4. The highest BCUT2D eigenvalue weighted by Gasteiger charge is 2.63. The van der Waals surface area contributed by atoms with Crippen molar-refractivity contribution >= 4 is 67.7 Å². The van der Waals surface area contributed by atoms with E-state index in [-0.39, 0.29) is 36.2 Å². The summed E-state index contributed by atoms with van der Waals surface area (Å²) in [5, 5.41) is 5.63. The van der Waals surface area contributed by atoms with Crippen LogP contribution in [0.3, 0.4) is 0 Å². The van der Waals surface area contributed by atoms with Crippen LogP contribution in [0.4, 0.5) is 4.79 Å². The molecule has 3 aromatic rings. The number of aromatic nitrogens is 2. The summed E-state index contributed by atoms with van der Waals surface area (Å²) >= 11 is 8.60. The van der Waals surface area contributed by atoms with Crippen molar-refractivity contribution in [2.24, 2.45) is 11.8 Å². The van der Waals surface area contributed by atoms with Crippen LogP contribution in [0.5, 0.6) is 11.5 Å². The quantitative estimate of drug-likeness (QED) is 0.161. The Morgan fingerprint density at radius 1 is 1.12 bits per heavy atom. The number of piperazine rings is 1. The van der Waals surface area contributed by atoms with Crippen molar-refractivity contribution in [2.45, 2.75) is 127 Å². The maximum Gasteiger partial charge on any atom is 0.411 e. The number of pyridine rings is 1. The van der Waals surface area contributed by atoms with E-state index in [1.807, 2.05) is 25.3 Å². The monoisotopic (exact) mass is 983 g/mol. The number of nitrogens with zero attached hydrogens (tertiary/aromatic N) is 5. The van der Waals surface area contributed by atoms with E-state index >= 15 is 4.79 Å². The van der Waals surface area contributed by atoms with Gasteiger partial charge in [0.15, 0.2) is 0 Å². The number of benzene rings is 1. The molecule has 2 aromatic heterocycles. The van der Waals surface area contributed by atoms with Gasteiger partial charge in [0.05, 0.1) is 35.7 Å². The maximum absolute atomic E-state index is 15.1. The molecule has 5 fully saturated rings. The molecule has 3 saturated heterocycles. The van der Waals surface area contributed by atoms with Gasteiger partial charge in [-0.1, -0.05) is 51.8 Å². The first-order chi connectivity index (χ1) is 31.7. The number of morpholine rings is 1. The molecular formula is C47H62ClN7O10S2. The zero-order chi connectivity index (χ0) is 48.2. The predicted molar refractivity (Wildman–Crippen MR) is 254 cm³/mol. The van der Waals surface area contributed by atoms with Gasteiger partial charge < -0.3 is 29.2 Å². The average molecular weight is 985 g/mol. The summed E-state index contributed by atoms with van der Waals surface area (Å²) in [5.41, 5.74) is -0.693. The Morgan fingerprint density at radius 2 is 1.85 bits per heavy atom. The Morgan fingerprint density at radius 3 is 2.48 bits per heavy atom. The van der Waals surface area contributed by atoms with Crippen molar-refractivity contribution < 1.29 is 46.5 Å². The zero-order valence-electron chi connectivity index (χ0n) is 39.2. The summed E-state index contributed by atoms with van der Waals surface area (Å²) < 4.78 is 52.7. The number of fused-ring (bicyclic) bond motifs is 2. The predicted octanol–water partition coefficient (Wildman–Crippen LogP) is 5.90. The molecular weight excluding hydrogens is 922 g/mol. The minimum absolute atomic E-state index is 0.0351. The normalized spacial score (nSPS) is 26.0. The third-order valence-corrected chi connectivity index (χ3v) is 16.5. The first-order valence-electron chi connectivity index (χ1n) is 23.3. The largest absolute Gasteiger partial charge is 0.491 e. The number of thiazole rings is 1. The molecule has 0 spiro atoms. The van der Waals surface area contributed by atoms with Gasteiger partial charge >= 0.3 is 6.09 Å². The second-order valence-corrected chi connectivity index (χ2v) is 22.9. The molecule has 1 unspecified atom stereocenters. The second-order valence-electron chi connectivity index (χ2n) is 19.7. The molecule has 20 heteroatoms. The number of sulfonamides is 1. The number of carbonyl (C=O) groups excluding carboxylic acids is 4. The van der Waals surface area contributed by atoms with Crippen LogP contribution in [0.15, 0.2) is 36.2 Å². The van der Waals surface area contributed by atoms with Crippen LogP contribution >= 0.6 is 22.9 Å². The Labute approximate surface area is 401 Å². The maximum atomic E-state index is 15.1. The van der Waals surface area contributed by atoms with Gasteiger partial charge in [-0.2, -0.15) is 0 Å². The Kier molecular flexibility index (Phi) is 13.9. The van der Waals surface area contributed by atoms with Crippen molar-refractivity contribution in [1.29, 1.82) is 0 Å². The Hall–Kier alpha value is -4.56. The highest BCUT2D eigenvalue weighted by atomic mass is 35.5. The average Bonchev–Trinajstić information content (AvgIpc) is 4.17. The summed E-state index contributed by atoms with van der Waals surface area (Å²) in [6.07, 6.45) is 1.44. The van der Waals surface area contributed by atoms with Gasteiger partial charge in [0, 0.05) is 55.4 Å². The van der Waals surface area contributed by atoms with Gasteiger partial charge in [-0.15, -0.1) is 17.9 Å². The molecule has 5 heterocycles. The molecule has 5 aliphatic rings. The van der Waals surface area contributed by atoms with Crippen molar-refractivity contribution in [2.75, 3.05) is 46.0 Å². The number of hydrogen-bond donors (Lipinski definition) is 2. The van der Waals surface area contributed by atoms with Gasteiger partial charge in [-0.25, -0.2) is 23.2 Å². The molecule has 2 saturated carbocycles. The number of amides is 4. The summed E-state index contributed by atoms with van der Waals surface area (Å²) in [5.74, 6) is -1.92. The highest BCUT2D eigenvalue weighted by Crippen LogP contribution is 2.47. The van der Waals surface area contributed by atoms with Crippen LogP contribution in [0.2, 0.25) is 5.02 Å². The van der Waals surface area contributed by atoms with Crippen LogP contribution in [-0.2, 0) is 33.9 Å². The van der Waals surface area contributed by atoms with Gasteiger partial charge in [0.1, 0.15) is 63.2 Å². The zero-order valence-corrected chi connectivity index (χ0v) is 41.6. The van der Waals surface area contributed by atoms with Gasteiger partial charge in [-0.05, 0) is 64.0 Å². The fourth-order valence-corrected chi connectivity index (χ4v) is 11.7. The lowest BCUT2D eigenvalue weighted by Gasteiger charge is -2.46. The number of nitrogens with one attached hydrogen (secondary N) is 2. The number of rotatable bonds is 16. The standard InChI is InChI=1S/C47H62ClN7O10S2/c1-9-27(5)40-43(57)55-33(41(56)51-47(23-28(47)10-2)44(58)52-67(60,61)29-11-12-29)22-37(34(55)24-54(40)45(59)65-46(6,7)8)64-36-21-31(42-50-32(25-66-42)26(3)4)49-39-30(36)13-14-35(38(39)48)63-20-17-53-15-18-62-19-16-53/h10,13-14,21,25-29,33-34,37,40H,2,9,11-12,15-20,22-24H2,1,3-8H3,(H,51,56)(H,52,58)/t27?,28-,33+,34-,37-,40-,47-/m1/s1. The molecule has 4 amide bonds. The van der Waals surface area contributed by atoms with Crippen LogP contribution in [0.1, 0.15) is 92.2 Å². The van der Waals surface area contributed by atoms with Crippen LogP contribution in [0, 0.1) is 11.8 Å². The van der Waals surface area contributed by atoms with Crippen LogP contribution < -0.4 is 19.5 Å². The minimum atomic E-state index is -3.95. The molecule has 3 aliphatic heterocycles. The highest BCUT2D eigenvalue weighted by molar-refractivity contribution is 7.91. The van der Waals surface area contributed by atoms with Crippen molar-refractivity contribution in [1.82, 2.24) is 34.7 Å². The molecule has 67 heavy (non-hydrogen) atoms. The van der Waals surface area contributed by atoms with Gasteiger partial charge in [0.2, 0.25) is 21.8 Å². The van der Waals surface area contributed by atoms with Crippen LogP contribution in [-0.4, -0.2) is 144 Å². The smallest absolute Gasteiger partial charge is 0.411 e. The van der Waals surface area contributed by atoms with Crippen molar-refractivity contribution in [3.8, 4) is 22.2 Å². The van der Waals surface area contributed by atoms with E-state index < -0.39 is 80.4 Å². The van der Waals surface area contributed by atoms with Crippen molar-refractivity contribution in [3.05, 3.63) is 47.0 Å². The van der Waals surface area contributed by atoms with Gasteiger partial charge in [0.25, 0.3) is 5.91 Å². The number of hydrogen-bond acceptors (Lipinski definition) is 14. The van der Waals surface area contributed by atoms with E-state index in [2.05, 4.69) is 35.4 Å².